The molecule has 4 aromatic rings. The van der Waals surface area contributed by atoms with Crippen LogP contribution in [-0.2, 0) is 6.11 Å². The standard InChI is InChI=1S/C26H13F9O.CH4/c1-12-2-4-16(18(27)6-12)13-7-20(29)24(21(30)8-13)26(34,35)36-15-3-5-17(19(28)11-15)14-9-22(31)25(33)23(32)10-14;/h2-11H,1H3;1H4. The molecule has 0 heterocycles. The predicted octanol–water partition coefficient (Wildman–Crippen LogP) is 9.07. The number of hydrogen-bond acceptors (Lipinski definition) is 1. The molecule has 0 amide bonds. The van der Waals surface area contributed by atoms with Crippen molar-refractivity contribution in [1.82, 2.24) is 0 Å². The summed E-state index contributed by atoms with van der Waals surface area (Å²) >= 11 is 0. The van der Waals surface area contributed by atoms with Gasteiger partial charge in [0.25, 0.3) is 0 Å². The smallest absolute Gasteiger partial charge is 0.429 e. The Hall–Kier alpha value is -3.95. The van der Waals surface area contributed by atoms with E-state index >= 15 is 0 Å². The minimum Gasteiger partial charge on any atom is -0.429 e. The van der Waals surface area contributed by atoms with Crippen LogP contribution in [0.25, 0.3) is 22.3 Å². The van der Waals surface area contributed by atoms with Crippen molar-refractivity contribution in [2.45, 2.75) is 20.5 Å². The molecule has 0 aromatic heterocycles. The molecule has 0 bridgehead atoms. The van der Waals surface area contributed by atoms with Crippen LogP contribution in [0, 0.1) is 47.6 Å². The van der Waals surface area contributed by atoms with Gasteiger partial charge in [-0.25, -0.2) is 30.7 Å². The zero-order valence-electron chi connectivity index (χ0n) is 18.1. The molecule has 0 aliphatic carbocycles. The molecule has 0 spiro atoms. The summed E-state index contributed by atoms with van der Waals surface area (Å²) < 4.78 is 132. The SMILES string of the molecule is C.Cc1ccc(-c2cc(F)c(C(F)(F)Oc3ccc(-c4cc(F)c(F)c(F)c4)c(F)c3)c(F)c2)c(F)c1. The number of rotatable bonds is 5. The fraction of sp³-hybridized carbons (Fsp3) is 0.111. The second-order valence-electron chi connectivity index (χ2n) is 7.81. The summed E-state index contributed by atoms with van der Waals surface area (Å²) in [6.07, 6.45) is -4.64. The molecule has 0 saturated carbocycles. The second-order valence-corrected chi connectivity index (χ2v) is 7.81. The molecule has 10 heteroatoms. The van der Waals surface area contributed by atoms with Gasteiger partial charge < -0.3 is 4.74 Å². The number of halogens is 9. The number of benzene rings is 4. The highest BCUT2D eigenvalue weighted by atomic mass is 19.3. The number of aryl methyl sites for hydroxylation is 1. The van der Waals surface area contributed by atoms with Crippen LogP contribution < -0.4 is 4.74 Å². The van der Waals surface area contributed by atoms with Gasteiger partial charge in [-0.2, -0.15) is 8.78 Å². The maximum Gasteiger partial charge on any atom is 0.432 e. The summed E-state index contributed by atoms with van der Waals surface area (Å²) in [5.41, 5.74) is -2.74. The Balaban J connectivity index is 0.00000380. The topological polar surface area (TPSA) is 9.23 Å². The van der Waals surface area contributed by atoms with E-state index in [1.54, 1.807) is 6.92 Å². The number of alkyl halides is 2. The summed E-state index contributed by atoms with van der Waals surface area (Å²) in [6, 6.07) is 7.76. The van der Waals surface area contributed by atoms with Crippen LogP contribution in [0.4, 0.5) is 39.5 Å². The number of hydrogen-bond donors (Lipinski definition) is 0. The third kappa shape index (κ3) is 5.42. The van der Waals surface area contributed by atoms with Crippen LogP contribution in [0.5, 0.6) is 5.75 Å². The zero-order valence-corrected chi connectivity index (χ0v) is 18.1. The van der Waals surface area contributed by atoms with Crippen molar-refractivity contribution in [3.05, 3.63) is 113 Å². The van der Waals surface area contributed by atoms with Crippen molar-refractivity contribution in [1.29, 1.82) is 0 Å². The third-order valence-corrected chi connectivity index (χ3v) is 5.25. The summed E-state index contributed by atoms with van der Waals surface area (Å²) in [4.78, 5) is 0. The maximum absolute atomic E-state index is 14.7. The normalized spacial score (nSPS) is 11.3. The van der Waals surface area contributed by atoms with Gasteiger partial charge >= 0.3 is 6.11 Å². The Kier molecular flexibility index (Phi) is 7.62. The molecule has 0 unspecified atom stereocenters. The van der Waals surface area contributed by atoms with Gasteiger partial charge in [-0.05, 0) is 66.1 Å². The van der Waals surface area contributed by atoms with Crippen molar-refractivity contribution in [2.24, 2.45) is 0 Å². The molecule has 0 fully saturated rings. The molecule has 4 rings (SSSR count). The third-order valence-electron chi connectivity index (χ3n) is 5.25. The van der Waals surface area contributed by atoms with E-state index in [0.717, 1.165) is 18.2 Å². The molecule has 0 saturated heterocycles. The van der Waals surface area contributed by atoms with Gasteiger partial charge in [0.15, 0.2) is 17.5 Å². The van der Waals surface area contributed by atoms with Crippen LogP contribution >= 0.6 is 0 Å². The lowest BCUT2D eigenvalue weighted by Gasteiger charge is -2.20. The van der Waals surface area contributed by atoms with E-state index in [9.17, 15) is 39.5 Å². The first kappa shape index (κ1) is 27.6. The predicted molar refractivity (Wildman–Crippen MR) is 119 cm³/mol. The van der Waals surface area contributed by atoms with Gasteiger partial charge in [0, 0.05) is 17.2 Å². The molecule has 0 atom stereocenters. The molecule has 0 aliphatic heterocycles. The van der Waals surface area contributed by atoms with Crippen LogP contribution in [-0.4, -0.2) is 0 Å². The minimum absolute atomic E-state index is 0. The van der Waals surface area contributed by atoms with Crippen molar-refractivity contribution in [3.63, 3.8) is 0 Å². The lowest BCUT2D eigenvalue weighted by atomic mass is 10.0. The van der Waals surface area contributed by atoms with Crippen molar-refractivity contribution in [2.75, 3.05) is 0 Å². The Morgan fingerprint density at radius 1 is 0.568 bits per heavy atom. The van der Waals surface area contributed by atoms with Crippen LogP contribution in [0.15, 0.2) is 60.7 Å². The zero-order chi connectivity index (χ0) is 26.4. The van der Waals surface area contributed by atoms with E-state index in [1.165, 1.54) is 12.1 Å². The summed E-state index contributed by atoms with van der Waals surface area (Å²) in [5, 5.41) is 0. The minimum atomic E-state index is -4.64. The highest BCUT2D eigenvalue weighted by molar-refractivity contribution is 5.66. The Bertz CT molecular complexity index is 1440. The highest BCUT2D eigenvalue weighted by Gasteiger charge is 2.41. The molecule has 4 aromatic carbocycles. The fourth-order valence-corrected chi connectivity index (χ4v) is 3.56. The fourth-order valence-electron chi connectivity index (χ4n) is 3.56. The van der Waals surface area contributed by atoms with Gasteiger partial charge in [-0.1, -0.05) is 19.6 Å². The molecule has 0 radical (unpaired) electrons. The van der Waals surface area contributed by atoms with Crippen LogP contribution in [0.2, 0.25) is 0 Å². The lowest BCUT2D eigenvalue weighted by molar-refractivity contribution is -0.189. The highest BCUT2D eigenvalue weighted by Crippen LogP contribution is 2.38. The first-order valence-electron chi connectivity index (χ1n) is 10.1. The summed E-state index contributed by atoms with van der Waals surface area (Å²) in [7, 11) is 0. The Labute approximate surface area is 205 Å². The molecule has 194 valence electrons. The van der Waals surface area contributed by atoms with E-state index in [1.807, 2.05) is 0 Å². The molecular weight excluding hydrogens is 511 g/mol. The van der Waals surface area contributed by atoms with E-state index in [2.05, 4.69) is 4.74 Å². The Morgan fingerprint density at radius 2 is 1.03 bits per heavy atom. The van der Waals surface area contributed by atoms with Gasteiger partial charge in [-0.15, -0.1) is 0 Å². The van der Waals surface area contributed by atoms with E-state index < -0.39 is 69.3 Å². The summed E-state index contributed by atoms with van der Waals surface area (Å²) in [6.45, 7) is 1.58. The van der Waals surface area contributed by atoms with Crippen LogP contribution in [0.1, 0.15) is 18.6 Å². The van der Waals surface area contributed by atoms with Gasteiger partial charge in [-0.3, -0.25) is 0 Å². The van der Waals surface area contributed by atoms with E-state index in [4.69, 9.17) is 0 Å². The average Bonchev–Trinajstić information content (AvgIpc) is 2.76. The quantitative estimate of drug-likeness (QED) is 0.186. The first-order valence-corrected chi connectivity index (χ1v) is 10.1. The second kappa shape index (κ2) is 10.2. The lowest BCUT2D eigenvalue weighted by Crippen LogP contribution is -2.25. The van der Waals surface area contributed by atoms with Gasteiger partial charge in [0.05, 0.1) is 0 Å². The van der Waals surface area contributed by atoms with Crippen LogP contribution in [0.3, 0.4) is 0 Å². The Morgan fingerprint density at radius 3 is 1.51 bits per heavy atom. The van der Waals surface area contributed by atoms with Crippen molar-refractivity contribution >= 4 is 0 Å². The monoisotopic (exact) mass is 528 g/mol. The summed E-state index contributed by atoms with van der Waals surface area (Å²) in [5.74, 6) is -11.5. The first-order chi connectivity index (χ1) is 16.9. The molecule has 0 aliphatic rings. The molecule has 0 N–H and O–H groups in total. The largest absolute Gasteiger partial charge is 0.432 e. The molecule has 1 nitrogen and oxygen atoms in total. The van der Waals surface area contributed by atoms with Gasteiger partial charge in [0.1, 0.15) is 34.6 Å². The van der Waals surface area contributed by atoms with Crippen molar-refractivity contribution in [3.8, 4) is 28.0 Å². The van der Waals surface area contributed by atoms with Gasteiger partial charge in [0.2, 0.25) is 0 Å². The molecule has 37 heavy (non-hydrogen) atoms. The average molecular weight is 528 g/mol. The van der Waals surface area contributed by atoms with E-state index in [0.29, 0.717) is 35.9 Å². The van der Waals surface area contributed by atoms with E-state index in [-0.39, 0.29) is 18.6 Å². The maximum atomic E-state index is 14.7. The number of ether oxygens (including phenoxy) is 1. The van der Waals surface area contributed by atoms with Crippen molar-refractivity contribution < 1.29 is 44.3 Å². The molecular formula is C27H17F9O.